The summed E-state index contributed by atoms with van der Waals surface area (Å²) in [6.07, 6.45) is 0. The van der Waals surface area contributed by atoms with Gasteiger partial charge in [-0.25, -0.2) is 0 Å². The molecule has 0 saturated carbocycles. The molecule has 0 spiro atoms. The Morgan fingerprint density at radius 1 is 1.00 bits per heavy atom. The Kier molecular flexibility index (Phi) is 203. The quantitative estimate of drug-likeness (QED) is 0.488. The van der Waals surface area contributed by atoms with Crippen LogP contribution in [0.15, 0.2) is 0 Å². The average Bonchev–Trinajstić information content (AvgIpc) is 0.918. The van der Waals surface area contributed by atoms with Gasteiger partial charge in [0, 0.05) is 81.7 Å². The first-order chi connectivity index (χ1) is 1.41. The summed E-state index contributed by atoms with van der Waals surface area (Å²) in [7, 11) is 0. The molecule has 0 bridgehead atoms. The van der Waals surface area contributed by atoms with Crippen LogP contribution in [-0.2, 0) is 3.84 Å². The minimum absolute atomic E-state index is 0. The molecule has 0 fully saturated rings. The van der Waals surface area contributed by atoms with Gasteiger partial charge in [0.15, 0.2) is 0 Å². The van der Waals surface area contributed by atoms with E-state index in [4.69, 9.17) is 0 Å². The van der Waals surface area contributed by atoms with Gasteiger partial charge in [0.1, 0.15) is 0 Å². The molecule has 0 aromatic rings. The van der Waals surface area contributed by atoms with Crippen molar-refractivity contribution < 1.29 is 88.4 Å². The molecule has 0 aliphatic carbocycles. The summed E-state index contributed by atoms with van der Waals surface area (Å²) in [6, 6.07) is 0. The number of rotatable bonds is 0. The van der Waals surface area contributed by atoms with Crippen LogP contribution in [0.5, 0.6) is 0 Å². The molecule has 0 rings (SSSR count). The molecule has 0 atom stereocenters. The number of hydrogen-bond donors (Lipinski definition) is 0. The summed E-state index contributed by atoms with van der Waals surface area (Å²) in [5.41, 5.74) is 0. The Hall–Kier alpha value is 4.59. The van der Waals surface area contributed by atoms with E-state index < -0.39 is 0 Å². The molecule has 0 radical (unpaired) electrons. The second-order valence-electron chi connectivity index (χ2n) is 0.0583. The van der Waals surface area contributed by atoms with Gasteiger partial charge in [0.2, 0.25) is 0 Å². The van der Waals surface area contributed by atoms with Crippen LogP contribution < -0.4 is 0 Å². The maximum Gasteiger partial charge on any atom is 2.00 e. The van der Waals surface area contributed by atoms with Crippen LogP contribution in [0.3, 0.4) is 0 Å². The van der Waals surface area contributed by atoms with Crippen molar-refractivity contribution in [3.63, 3.8) is 0 Å². The zero-order valence-electron chi connectivity index (χ0n) is 5.69. The predicted molar refractivity (Wildman–Crippen MR) is 35.3 cm³/mol. The Bertz CT molecular complexity index is 21.2. The second kappa shape index (κ2) is 41.6. The zero-order chi connectivity index (χ0) is 2.71. The van der Waals surface area contributed by atoms with E-state index in [1.165, 1.54) is 0 Å². The van der Waals surface area contributed by atoms with Crippen LogP contribution in [0.1, 0.15) is 2.85 Å². The zero-order valence-corrected chi connectivity index (χ0v) is 14.7. The molecule has 8 heteroatoms. The van der Waals surface area contributed by atoms with Crippen LogP contribution >= 0.6 is 48.5 Å². The summed E-state index contributed by atoms with van der Waals surface area (Å²) < 4.78 is 3.19. The third-order valence-electron chi connectivity index (χ3n) is 0. The molecular weight excluding hydrogens is 471 g/mol. The van der Waals surface area contributed by atoms with Gasteiger partial charge in [-0.3, -0.25) is 0 Å². The van der Waals surface area contributed by atoms with Crippen molar-refractivity contribution in [2.45, 2.75) is 0 Å². The molecule has 0 saturated heterocycles. The Balaban J connectivity index is -0.000000000952. The average molecular weight is 475 g/mol. The summed E-state index contributed by atoms with van der Waals surface area (Å²) in [5.74, 6) is 0. The summed E-state index contributed by atoms with van der Waals surface area (Å²) in [5, 5.41) is 0. The van der Waals surface area contributed by atoms with Crippen molar-refractivity contribution in [2.24, 2.45) is 0 Å². The first-order valence-corrected chi connectivity index (χ1v) is 0.926. The third-order valence-corrected chi connectivity index (χ3v) is 0. The smallest absolute Gasteiger partial charge is 1.00 e. The van der Waals surface area contributed by atoms with Crippen LogP contribution in [0.4, 0.5) is 0 Å². The summed E-state index contributed by atoms with van der Waals surface area (Å²) in [4.78, 5) is 0. The molecule has 0 unspecified atom stereocenters. The van der Waals surface area contributed by atoms with Gasteiger partial charge in [-0.15, -0.1) is 24.8 Å². The van der Waals surface area contributed by atoms with Gasteiger partial charge in [-0.2, -0.15) is 3.84 Å². The molecule has 0 aliphatic rings. The van der Waals surface area contributed by atoms with E-state index in [9.17, 15) is 0 Å². The normalized spacial score (nSPS) is 2.25. The summed E-state index contributed by atoms with van der Waals surface area (Å²) >= 11 is 8.53. The molecular formula is H4Cl4MgNd2O. The maximum atomic E-state index is 4.26. The molecule has 0 aromatic carbocycles. The molecule has 0 aromatic heterocycles. The van der Waals surface area contributed by atoms with E-state index in [0.717, 1.165) is 0 Å². The van der Waals surface area contributed by atoms with Gasteiger partial charge < -0.3 is 2.85 Å². The van der Waals surface area contributed by atoms with Gasteiger partial charge in [0.25, 0.3) is 0 Å². The minimum atomic E-state index is 0. The van der Waals surface area contributed by atoms with E-state index in [2.05, 4.69) is 27.6 Å². The predicted octanol–water partition coefficient (Wildman–Crippen LogP) is 2.00. The second-order valence-corrected chi connectivity index (χ2v) is 0.525. The van der Waals surface area contributed by atoms with Crippen molar-refractivity contribution in [2.75, 3.05) is 0 Å². The largest absolute Gasteiger partial charge is 2.00 e. The molecule has 0 amide bonds. The van der Waals surface area contributed by atoms with Crippen LogP contribution in [-0.4, -0.2) is 23.1 Å². The van der Waals surface area contributed by atoms with Gasteiger partial charge in [0.05, 0.1) is 23.7 Å². The van der Waals surface area contributed by atoms with Crippen LogP contribution in [0, 0.1) is 81.7 Å². The molecule has 1 nitrogen and oxygen atoms in total. The van der Waals surface area contributed by atoms with Gasteiger partial charge in [-0.1, -0.05) is 0 Å². The number of hydrogen-bond acceptors (Lipinski definition) is 1. The van der Waals surface area contributed by atoms with Crippen molar-refractivity contribution >= 4 is 71.6 Å². The topological polar surface area (TPSA) is 9.23 Å². The number of halogens is 4. The van der Waals surface area contributed by atoms with E-state index >= 15 is 0 Å². The Morgan fingerprint density at radius 2 is 1.00 bits per heavy atom. The fourth-order valence-corrected chi connectivity index (χ4v) is 0. The van der Waals surface area contributed by atoms with Crippen molar-refractivity contribution in [3.05, 3.63) is 0 Å². The minimum Gasteiger partial charge on any atom is -1.00 e. The van der Waals surface area contributed by atoms with Gasteiger partial charge >= 0.3 is 23.1 Å². The Labute approximate surface area is 156 Å². The SMILES string of the molecule is Cl.Cl.ClOCl.[H-].[H-].[Mg+2].[Nd].[Nd]. The first-order valence-electron chi connectivity index (χ1n) is 0.309. The third kappa shape index (κ3) is 46.2. The fourth-order valence-electron chi connectivity index (χ4n) is 0. The van der Waals surface area contributed by atoms with Crippen LogP contribution in [0.25, 0.3) is 0 Å². The van der Waals surface area contributed by atoms with Crippen molar-refractivity contribution in [1.29, 1.82) is 0 Å². The van der Waals surface area contributed by atoms with Crippen molar-refractivity contribution in [3.8, 4) is 0 Å². The van der Waals surface area contributed by atoms with E-state index in [1.54, 1.807) is 0 Å². The molecule has 48 valence electrons. The first kappa shape index (κ1) is 38.9. The Morgan fingerprint density at radius 3 is 1.00 bits per heavy atom. The van der Waals surface area contributed by atoms with Gasteiger partial charge in [-0.05, 0) is 0 Å². The van der Waals surface area contributed by atoms with Crippen molar-refractivity contribution in [1.82, 2.24) is 0 Å². The van der Waals surface area contributed by atoms with E-state index in [-0.39, 0.29) is 132 Å². The molecule has 8 heavy (non-hydrogen) atoms. The standard InChI is InChI=1S/Cl2O.2ClH.Mg.2Nd.2H/c1-3-2;;;;;;;/h;2*1H;;;;;/q;;;+2;;;2*-1. The summed E-state index contributed by atoms with van der Waals surface area (Å²) in [6.45, 7) is 0. The van der Waals surface area contributed by atoms with E-state index in [0.29, 0.717) is 0 Å². The maximum absolute atomic E-state index is 4.26. The molecule has 0 N–H and O–H groups in total. The fraction of sp³-hybridized carbons (Fsp3) is 0. The van der Waals surface area contributed by atoms with E-state index in [1.807, 2.05) is 0 Å². The van der Waals surface area contributed by atoms with Crippen LogP contribution in [0.2, 0.25) is 0 Å². The monoisotopic (exact) mass is 468 g/mol. The molecule has 0 aliphatic heterocycles. The molecule has 0 heterocycles.